The number of para-hydroxylation sites is 1. The molecular weight excluding hydrogens is 454 g/mol. The van der Waals surface area contributed by atoms with Crippen LogP contribution in [0.2, 0.25) is 0 Å². The number of fused-ring (bicyclic) bond motifs is 1. The monoisotopic (exact) mass is 481 g/mol. The zero-order valence-electron chi connectivity index (χ0n) is 19.5. The Hall–Kier alpha value is -3.41. The molecule has 1 fully saturated rings. The van der Waals surface area contributed by atoms with Gasteiger partial charge in [0.1, 0.15) is 0 Å². The minimum absolute atomic E-state index is 0.332. The summed E-state index contributed by atoms with van der Waals surface area (Å²) >= 11 is 1.51. The van der Waals surface area contributed by atoms with E-state index in [0.717, 1.165) is 35.7 Å². The van der Waals surface area contributed by atoms with Gasteiger partial charge in [-0.05, 0) is 41.3 Å². The molecule has 34 heavy (non-hydrogen) atoms. The van der Waals surface area contributed by atoms with E-state index in [2.05, 4.69) is 27.3 Å². The van der Waals surface area contributed by atoms with Crippen LogP contribution in [0.15, 0.2) is 45.1 Å². The van der Waals surface area contributed by atoms with Crippen molar-refractivity contribution >= 4 is 28.9 Å². The fourth-order valence-corrected chi connectivity index (χ4v) is 5.30. The molecule has 4 aromatic rings. The van der Waals surface area contributed by atoms with E-state index in [1.807, 2.05) is 34.9 Å². The standard InChI is InChI=1S/C22H27N9O2S/c1-15-8-7-11-29(14-15)20-23-18-17(19(32)28(3)22(33)27(18)2)30(20)12-13-34-21-24-25-26-31(21)16-9-5-4-6-10-16/h4-6,9-10,15H,7-8,11-14H2,1-3H3/t15-/m0/s1. The van der Waals surface area contributed by atoms with Crippen LogP contribution in [0.4, 0.5) is 5.95 Å². The Kier molecular flexibility index (Phi) is 5.98. The lowest BCUT2D eigenvalue weighted by Crippen LogP contribution is -2.38. The highest BCUT2D eigenvalue weighted by Gasteiger charge is 2.25. The minimum Gasteiger partial charge on any atom is -0.342 e. The molecule has 0 amide bonds. The summed E-state index contributed by atoms with van der Waals surface area (Å²) in [4.78, 5) is 32.7. The summed E-state index contributed by atoms with van der Waals surface area (Å²) in [5.41, 5.74) is 1.04. The fourth-order valence-electron chi connectivity index (χ4n) is 4.49. The molecule has 11 nitrogen and oxygen atoms in total. The van der Waals surface area contributed by atoms with E-state index in [4.69, 9.17) is 4.98 Å². The molecule has 0 radical (unpaired) electrons. The molecule has 0 spiro atoms. The van der Waals surface area contributed by atoms with E-state index in [1.165, 1.54) is 29.8 Å². The summed E-state index contributed by atoms with van der Waals surface area (Å²) in [7, 11) is 3.17. The van der Waals surface area contributed by atoms with Crippen LogP contribution >= 0.6 is 11.8 Å². The van der Waals surface area contributed by atoms with Gasteiger partial charge in [0.25, 0.3) is 5.56 Å². The van der Waals surface area contributed by atoms with E-state index in [9.17, 15) is 9.59 Å². The van der Waals surface area contributed by atoms with Crippen molar-refractivity contribution in [2.75, 3.05) is 23.7 Å². The predicted octanol–water partition coefficient (Wildman–Crippen LogP) is 1.44. The molecule has 178 valence electrons. The van der Waals surface area contributed by atoms with Gasteiger partial charge in [-0.2, -0.15) is 9.67 Å². The van der Waals surface area contributed by atoms with Crippen LogP contribution < -0.4 is 16.1 Å². The summed E-state index contributed by atoms with van der Waals surface area (Å²) in [6.07, 6.45) is 2.25. The highest BCUT2D eigenvalue weighted by molar-refractivity contribution is 7.99. The van der Waals surface area contributed by atoms with Gasteiger partial charge in [-0.25, -0.2) is 4.79 Å². The van der Waals surface area contributed by atoms with Crippen molar-refractivity contribution in [3.05, 3.63) is 51.2 Å². The molecule has 5 rings (SSSR count). The third-order valence-electron chi connectivity index (χ3n) is 6.26. The summed E-state index contributed by atoms with van der Waals surface area (Å²) in [6, 6.07) is 9.72. The number of aryl methyl sites for hydroxylation is 2. The van der Waals surface area contributed by atoms with Crippen LogP contribution in [-0.4, -0.2) is 57.7 Å². The second kappa shape index (κ2) is 9.09. The molecule has 1 aliphatic heterocycles. The van der Waals surface area contributed by atoms with Gasteiger partial charge in [0.2, 0.25) is 11.1 Å². The van der Waals surface area contributed by atoms with Crippen LogP contribution in [0.5, 0.6) is 0 Å². The number of aromatic nitrogens is 8. The number of hydrogen-bond acceptors (Lipinski definition) is 8. The average Bonchev–Trinajstić information content (AvgIpc) is 3.47. The molecule has 0 unspecified atom stereocenters. The first-order valence-electron chi connectivity index (χ1n) is 11.3. The molecule has 1 atom stereocenters. The smallest absolute Gasteiger partial charge is 0.332 e. The van der Waals surface area contributed by atoms with Crippen molar-refractivity contribution in [1.29, 1.82) is 0 Å². The maximum absolute atomic E-state index is 13.1. The van der Waals surface area contributed by atoms with Gasteiger partial charge >= 0.3 is 5.69 Å². The lowest BCUT2D eigenvalue weighted by molar-refractivity contribution is 0.438. The molecule has 12 heteroatoms. The van der Waals surface area contributed by atoms with Gasteiger partial charge in [-0.3, -0.25) is 13.9 Å². The van der Waals surface area contributed by atoms with E-state index in [0.29, 0.717) is 34.5 Å². The van der Waals surface area contributed by atoms with Crippen LogP contribution in [-0.2, 0) is 20.6 Å². The Morgan fingerprint density at radius 2 is 1.91 bits per heavy atom. The second-order valence-electron chi connectivity index (χ2n) is 8.69. The summed E-state index contributed by atoms with van der Waals surface area (Å²) in [5.74, 6) is 1.91. The van der Waals surface area contributed by atoms with Gasteiger partial charge in [0.15, 0.2) is 11.2 Å². The van der Waals surface area contributed by atoms with Crippen molar-refractivity contribution < 1.29 is 0 Å². The molecule has 3 aromatic heterocycles. The van der Waals surface area contributed by atoms with E-state index in [1.54, 1.807) is 11.7 Å². The maximum Gasteiger partial charge on any atom is 0.332 e. The van der Waals surface area contributed by atoms with Gasteiger partial charge in [0.05, 0.1) is 5.69 Å². The SMILES string of the molecule is C[C@H]1CCCN(c2nc3c(c(=O)n(C)c(=O)n3C)n2CCSc2nnnn2-c2ccccc2)C1. The number of tetrazole rings is 1. The second-order valence-corrected chi connectivity index (χ2v) is 9.75. The Morgan fingerprint density at radius 1 is 1.12 bits per heavy atom. The first-order chi connectivity index (χ1) is 16.5. The third-order valence-corrected chi connectivity index (χ3v) is 7.15. The Balaban J connectivity index is 1.50. The van der Waals surface area contributed by atoms with E-state index >= 15 is 0 Å². The van der Waals surface area contributed by atoms with Gasteiger partial charge in [-0.1, -0.05) is 36.9 Å². The first-order valence-corrected chi connectivity index (χ1v) is 12.3. The summed E-state index contributed by atoms with van der Waals surface area (Å²) in [5, 5.41) is 12.8. The summed E-state index contributed by atoms with van der Waals surface area (Å²) in [6.45, 7) is 4.50. The zero-order chi connectivity index (χ0) is 23.8. The number of nitrogens with zero attached hydrogens (tertiary/aromatic N) is 9. The van der Waals surface area contributed by atoms with E-state index < -0.39 is 0 Å². The fraction of sp³-hybridized carbons (Fsp3) is 0.455. The lowest BCUT2D eigenvalue weighted by Gasteiger charge is -2.32. The number of rotatable bonds is 6. The maximum atomic E-state index is 13.1. The van der Waals surface area contributed by atoms with Crippen molar-refractivity contribution in [2.24, 2.45) is 20.0 Å². The molecule has 1 saturated heterocycles. The normalized spacial score (nSPS) is 16.4. The molecule has 0 saturated carbocycles. The number of benzene rings is 1. The molecule has 1 aromatic carbocycles. The van der Waals surface area contributed by atoms with E-state index in [-0.39, 0.29) is 11.2 Å². The van der Waals surface area contributed by atoms with Crippen molar-refractivity contribution in [3.63, 3.8) is 0 Å². The van der Waals surface area contributed by atoms with Crippen molar-refractivity contribution in [3.8, 4) is 5.69 Å². The molecule has 4 heterocycles. The van der Waals surface area contributed by atoms with Crippen molar-refractivity contribution in [1.82, 2.24) is 38.9 Å². The van der Waals surface area contributed by atoms with Gasteiger partial charge < -0.3 is 9.47 Å². The number of anilines is 1. The average molecular weight is 482 g/mol. The molecular formula is C22H27N9O2S. The summed E-state index contributed by atoms with van der Waals surface area (Å²) < 4.78 is 6.25. The quantitative estimate of drug-likeness (QED) is 0.381. The van der Waals surface area contributed by atoms with Crippen LogP contribution in [0.25, 0.3) is 16.9 Å². The number of thioether (sulfide) groups is 1. The molecule has 0 N–H and O–H groups in total. The molecule has 1 aliphatic rings. The topological polar surface area (TPSA) is 109 Å². The number of hydrogen-bond donors (Lipinski definition) is 0. The highest BCUT2D eigenvalue weighted by Crippen LogP contribution is 2.26. The largest absolute Gasteiger partial charge is 0.342 e. The minimum atomic E-state index is -0.378. The number of imidazole rings is 1. The number of piperidine rings is 1. The molecule has 0 bridgehead atoms. The van der Waals surface area contributed by atoms with Crippen molar-refractivity contribution in [2.45, 2.75) is 31.5 Å². The Morgan fingerprint density at radius 3 is 2.68 bits per heavy atom. The van der Waals surface area contributed by atoms with Crippen LogP contribution in [0, 0.1) is 5.92 Å². The zero-order valence-corrected chi connectivity index (χ0v) is 20.3. The van der Waals surface area contributed by atoms with Crippen LogP contribution in [0.1, 0.15) is 19.8 Å². The molecule has 0 aliphatic carbocycles. The Labute approximate surface area is 200 Å². The predicted molar refractivity (Wildman–Crippen MR) is 131 cm³/mol. The van der Waals surface area contributed by atoms with Gasteiger partial charge in [0, 0.05) is 39.5 Å². The van der Waals surface area contributed by atoms with Gasteiger partial charge in [-0.15, -0.1) is 5.10 Å². The van der Waals surface area contributed by atoms with Crippen LogP contribution in [0.3, 0.4) is 0 Å². The Bertz CT molecular complexity index is 1440. The highest BCUT2D eigenvalue weighted by atomic mass is 32.2. The first kappa shape index (κ1) is 22.4. The third kappa shape index (κ3) is 3.91. The lowest BCUT2D eigenvalue weighted by atomic mass is 10.0.